The molecule has 0 fully saturated rings. The van der Waals surface area contributed by atoms with Crippen LogP contribution in [0.5, 0.6) is 0 Å². The first kappa shape index (κ1) is 12.3. The van der Waals surface area contributed by atoms with Gasteiger partial charge in [0.15, 0.2) is 0 Å². The maximum atomic E-state index is 11.0. The highest BCUT2D eigenvalue weighted by atomic mass is 16.5. The van der Waals surface area contributed by atoms with Gasteiger partial charge in [0.2, 0.25) is 5.91 Å². The van der Waals surface area contributed by atoms with Crippen LogP contribution in [0.15, 0.2) is 18.2 Å². The van der Waals surface area contributed by atoms with E-state index in [1.807, 2.05) is 6.92 Å². The fourth-order valence-electron chi connectivity index (χ4n) is 1.39. The van der Waals surface area contributed by atoms with Crippen molar-refractivity contribution in [2.45, 2.75) is 13.0 Å². The van der Waals surface area contributed by atoms with E-state index >= 15 is 0 Å². The number of ether oxygens (including phenoxy) is 1. The number of hydrogen-bond acceptors (Lipinski definition) is 4. The van der Waals surface area contributed by atoms with Crippen LogP contribution in [0.1, 0.15) is 17.3 Å². The van der Waals surface area contributed by atoms with Crippen molar-refractivity contribution in [1.29, 1.82) is 0 Å². The normalized spacial score (nSPS) is 12.1. The molecule has 1 aromatic carbocycles. The number of primary amides is 1. The van der Waals surface area contributed by atoms with Crippen LogP contribution in [0.25, 0.3) is 0 Å². The van der Waals surface area contributed by atoms with Crippen LogP contribution in [0, 0.1) is 0 Å². The molecule has 1 aromatic rings. The minimum absolute atomic E-state index is 0.107. The maximum Gasteiger partial charge on any atom is 0.248 e. The van der Waals surface area contributed by atoms with Crippen LogP contribution in [0.3, 0.4) is 0 Å². The van der Waals surface area contributed by atoms with Gasteiger partial charge >= 0.3 is 0 Å². The van der Waals surface area contributed by atoms with Crippen molar-refractivity contribution in [3.05, 3.63) is 23.8 Å². The highest BCUT2D eigenvalue weighted by Crippen LogP contribution is 2.20. The summed E-state index contributed by atoms with van der Waals surface area (Å²) in [6, 6.07) is 5.01. The number of amides is 1. The number of nitrogens with two attached hydrogens (primary N) is 2. The van der Waals surface area contributed by atoms with E-state index < -0.39 is 5.91 Å². The average molecular weight is 223 g/mol. The van der Waals surface area contributed by atoms with E-state index in [1.165, 1.54) is 0 Å². The van der Waals surface area contributed by atoms with Gasteiger partial charge in [0.25, 0.3) is 0 Å². The van der Waals surface area contributed by atoms with Gasteiger partial charge in [-0.1, -0.05) is 0 Å². The number of hydrogen-bond donors (Lipinski definition) is 3. The molecule has 0 saturated carbocycles. The van der Waals surface area contributed by atoms with Crippen LogP contribution in [-0.2, 0) is 4.74 Å². The Balaban J connectivity index is 2.85. The minimum atomic E-state index is -0.470. The third kappa shape index (κ3) is 3.13. The van der Waals surface area contributed by atoms with E-state index in [4.69, 9.17) is 16.2 Å². The number of nitrogen functional groups attached to an aromatic ring is 1. The smallest absolute Gasteiger partial charge is 0.248 e. The standard InChI is InChI=1S/C11H17N3O2/c1-7(6-16-2)14-10-5-8(11(13)15)3-4-9(10)12/h3-5,7,14H,6,12H2,1-2H3,(H2,13,15). The second kappa shape index (κ2) is 5.37. The number of anilines is 2. The fraction of sp³-hybridized carbons (Fsp3) is 0.364. The van der Waals surface area contributed by atoms with E-state index in [0.29, 0.717) is 23.5 Å². The molecule has 0 aliphatic rings. The maximum absolute atomic E-state index is 11.0. The first-order valence-corrected chi connectivity index (χ1v) is 4.99. The molecule has 1 atom stereocenters. The zero-order chi connectivity index (χ0) is 12.1. The summed E-state index contributed by atoms with van der Waals surface area (Å²) in [5, 5.41) is 3.15. The number of carbonyl (C=O) groups excluding carboxylic acids is 1. The first-order valence-electron chi connectivity index (χ1n) is 4.99. The van der Waals surface area contributed by atoms with Gasteiger partial charge in [0, 0.05) is 18.7 Å². The van der Waals surface area contributed by atoms with Gasteiger partial charge in [-0.3, -0.25) is 4.79 Å². The molecule has 0 bridgehead atoms. The van der Waals surface area contributed by atoms with Crippen molar-refractivity contribution < 1.29 is 9.53 Å². The van der Waals surface area contributed by atoms with Crippen LogP contribution < -0.4 is 16.8 Å². The minimum Gasteiger partial charge on any atom is -0.397 e. The fourth-order valence-corrected chi connectivity index (χ4v) is 1.39. The zero-order valence-electron chi connectivity index (χ0n) is 9.49. The van der Waals surface area contributed by atoms with Crippen molar-refractivity contribution in [2.75, 3.05) is 24.8 Å². The molecule has 1 amide bonds. The third-order valence-electron chi connectivity index (χ3n) is 2.16. The lowest BCUT2D eigenvalue weighted by Crippen LogP contribution is -2.22. The molecule has 0 aromatic heterocycles. The SMILES string of the molecule is COCC(C)Nc1cc(C(N)=O)ccc1N. The Morgan fingerprint density at radius 2 is 2.25 bits per heavy atom. The van der Waals surface area contributed by atoms with Crippen molar-refractivity contribution in [1.82, 2.24) is 0 Å². The molecule has 0 radical (unpaired) electrons. The van der Waals surface area contributed by atoms with Gasteiger partial charge in [-0.15, -0.1) is 0 Å². The zero-order valence-corrected chi connectivity index (χ0v) is 9.49. The summed E-state index contributed by atoms with van der Waals surface area (Å²) < 4.78 is 5.00. The van der Waals surface area contributed by atoms with Crippen molar-refractivity contribution in [2.24, 2.45) is 5.73 Å². The van der Waals surface area contributed by atoms with E-state index in [2.05, 4.69) is 5.32 Å². The lowest BCUT2D eigenvalue weighted by Gasteiger charge is -2.16. The first-order chi connectivity index (χ1) is 7.54. The number of methoxy groups -OCH3 is 1. The molecule has 5 nitrogen and oxygen atoms in total. The molecule has 5 heteroatoms. The van der Waals surface area contributed by atoms with Gasteiger partial charge in [-0.2, -0.15) is 0 Å². The monoisotopic (exact) mass is 223 g/mol. The molecular weight excluding hydrogens is 206 g/mol. The summed E-state index contributed by atoms with van der Waals surface area (Å²) in [6.07, 6.45) is 0. The molecule has 16 heavy (non-hydrogen) atoms. The molecule has 5 N–H and O–H groups in total. The van der Waals surface area contributed by atoms with Gasteiger partial charge in [0.1, 0.15) is 0 Å². The van der Waals surface area contributed by atoms with E-state index in [0.717, 1.165) is 0 Å². The van der Waals surface area contributed by atoms with Crippen molar-refractivity contribution in [3.8, 4) is 0 Å². The molecular formula is C11H17N3O2. The van der Waals surface area contributed by atoms with Gasteiger partial charge < -0.3 is 21.5 Å². The van der Waals surface area contributed by atoms with Crippen LogP contribution in [-0.4, -0.2) is 25.7 Å². The lowest BCUT2D eigenvalue weighted by molar-refractivity contribution is 0.100. The number of benzene rings is 1. The number of rotatable bonds is 5. The Labute approximate surface area is 94.8 Å². The Hall–Kier alpha value is -1.75. The molecule has 0 heterocycles. The largest absolute Gasteiger partial charge is 0.397 e. The lowest BCUT2D eigenvalue weighted by atomic mass is 10.1. The van der Waals surface area contributed by atoms with Crippen molar-refractivity contribution in [3.63, 3.8) is 0 Å². The number of carbonyl (C=O) groups is 1. The van der Waals surface area contributed by atoms with Crippen LogP contribution in [0.4, 0.5) is 11.4 Å². The second-order valence-corrected chi connectivity index (χ2v) is 3.67. The number of nitrogens with one attached hydrogen (secondary N) is 1. The van der Waals surface area contributed by atoms with Crippen LogP contribution >= 0.6 is 0 Å². The molecule has 0 aliphatic heterocycles. The molecule has 88 valence electrons. The van der Waals surface area contributed by atoms with Gasteiger partial charge in [-0.05, 0) is 25.1 Å². The average Bonchev–Trinajstić information content (AvgIpc) is 2.21. The predicted octanol–water partition coefficient (Wildman–Crippen LogP) is 0.815. The van der Waals surface area contributed by atoms with Gasteiger partial charge in [0.05, 0.1) is 18.0 Å². The van der Waals surface area contributed by atoms with Crippen LogP contribution in [0.2, 0.25) is 0 Å². The van der Waals surface area contributed by atoms with E-state index in [-0.39, 0.29) is 6.04 Å². The molecule has 0 spiro atoms. The molecule has 0 aliphatic carbocycles. The highest BCUT2D eigenvalue weighted by molar-refractivity contribution is 5.94. The summed E-state index contributed by atoms with van der Waals surface area (Å²) in [5.41, 5.74) is 12.7. The van der Waals surface area contributed by atoms with Crippen molar-refractivity contribution >= 4 is 17.3 Å². The quantitative estimate of drug-likeness (QED) is 0.644. The Kier molecular flexibility index (Phi) is 4.13. The van der Waals surface area contributed by atoms with E-state index in [1.54, 1.807) is 25.3 Å². The summed E-state index contributed by atoms with van der Waals surface area (Å²) in [5.74, 6) is -0.470. The third-order valence-corrected chi connectivity index (χ3v) is 2.16. The summed E-state index contributed by atoms with van der Waals surface area (Å²) >= 11 is 0. The molecule has 0 saturated heterocycles. The highest BCUT2D eigenvalue weighted by Gasteiger charge is 2.07. The topological polar surface area (TPSA) is 90.4 Å². The molecule has 1 rings (SSSR count). The summed E-state index contributed by atoms with van der Waals surface area (Å²) in [6.45, 7) is 2.51. The Morgan fingerprint density at radius 1 is 1.56 bits per heavy atom. The Morgan fingerprint density at radius 3 is 2.81 bits per heavy atom. The summed E-state index contributed by atoms with van der Waals surface area (Å²) in [7, 11) is 1.63. The Bertz CT molecular complexity index is 379. The van der Waals surface area contributed by atoms with Gasteiger partial charge in [-0.25, -0.2) is 0 Å². The summed E-state index contributed by atoms with van der Waals surface area (Å²) in [4.78, 5) is 11.0. The molecule has 1 unspecified atom stereocenters. The second-order valence-electron chi connectivity index (χ2n) is 3.67. The predicted molar refractivity (Wildman–Crippen MR) is 64.3 cm³/mol. The van der Waals surface area contributed by atoms with E-state index in [9.17, 15) is 4.79 Å².